The van der Waals surface area contributed by atoms with Gasteiger partial charge in [0.25, 0.3) is 0 Å². The van der Waals surface area contributed by atoms with Crippen LogP contribution < -0.4 is 0 Å². The Kier molecular flexibility index (Phi) is 3.06. The molecule has 0 aliphatic rings. The average Bonchev–Trinajstić information content (AvgIpc) is 2.09. The molecule has 0 saturated heterocycles. The maximum atomic E-state index is 10.3. The van der Waals surface area contributed by atoms with Crippen LogP contribution >= 0.6 is 11.6 Å². The van der Waals surface area contributed by atoms with Gasteiger partial charge in [0.15, 0.2) is 0 Å². The standard InChI is InChI=1S/C10H9ClO/c1-8(7-12)6-9-4-2-3-5-10(9)11/h2-5,7H,1,6H2. The van der Waals surface area contributed by atoms with Crippen LogP contribution in [0, 0.1) is 0 Å². The molecule has 0 amide bonds. The van der Waals surface area contributed by atoms with Crippen molar-refractivity contribution in [3.63, 3.8) is 0 Å². The minimum Gasteiger partial charge on any atom is -0.298 e. The summed E-state index contributed by atoms with van der Waals surface area (Å²) in [6.07, 6.45) is 1.28. The number of aldehydes is 1. The van der Waals surface area contributed by atoms with Crippen LogP contribution in [0.1, 0.15) is 5.56 Å². The highest BCUT2D eigenvalue weighted by molar-refractivity contribution is 6.31. The highest BCUT2D eigenvalue weighted by Crippen LogP contribution is 2.16. The van der Waals surface area contributed by atoms with Gasteiger partial charge in [-0.2, -0.15) is 0 Å². The molecule has 0 fully saturated rings. The predicted molar refractivity (Wildman–Crippen MR) is 50.4 cm³/mol. The Morgan fingerprint density at radius 1 is 1.50 bits per heavy atom. The number of rotatable bonds is 3. The van der Waals surface area contributed by atoms with Crippen molar-refractivity contribution >= 4 is 17.9 Å². The van der Waals surface area contributed by atoms with Crippen LogP contribution in [0.5, 0.6) is 0 Å². The van der Waals surface area contributed by atoms with E-state index in [0.717, 1.165) is 11.8 Å². The van der Waals surface area contributed by atoms with Gasteiger partial charge in [-0.1, -0.05) is 36.4 Å². The van der Waals surface area contributed by atoms with Crippen LogP contribution in [0.3, 0.4) is 0 Å². The first-order valence-corrected chi connectivity index (χ1v) is 3.98. The fourth-order valence-electron chi connectivity index (χ4n) is 0.928. The van der Waals surface area contributed by atoms with Gasteiger partial charge >= 0.3 is 0 Å². The van der Waals surface area contributed by atoms with Gasteiger partial charge in [0.05, 0.1) is 0 Å². The lowest BCUT2D eigenvalue weighted by Gasteiger charge is -2.00. The van der Waals surface area contributed by atoms with E-state index in [9.17, 15) is 4.79 Å². The lowest BCUT2D eigenvalue weighted by Crippen LogP contribution is -1.90. The molecule has 62 valence electrons. The first-order chi connectivity index (χ1) is 5.74. The quantitative estimate of drug-likeness (QED) is 0.516. The molecule has 0 heterocycles. The van der Waals surface area contributed by atoms with Gasteiger partial charge in [-0.25, -0.2) is 0 Å². The largest absolute Gasteiger partial charge is 0.298 e. The number of benzene rings is 1. The van der Waals surface area contributed by atoms with E-state index in [2.05, 4.69) is 6.58 Å². The van der Waals surface area contributed by atoms with Crippen LogP contribution in [0.15, 0.2) is 36.4 Å². The second-order valence-corrected chi connectivity index (χ2v) is 2.95. The number of hydrogen-bond acceptors (Lipinski definition) is 1. The molecular formula is C10H9ClO. The normalized spacial score (nSPS) is 9.42. The van der Waals surface area contributed by atoms with Crippen molar-refractivity contribution in [2.24, 2.45) is 0 Å². The van der Waals surface area contributed by atoms with Gasteiger partial charge < -0.3 is 0 Å². The van der Waals surface area contributed by atoms with Crippen molar-refractivity contribution in [2.45, 2.75) is 6.42 Å². The Hall–Kier alpha value is -1.08. The Morgan fingerprint density at radius 2 is 2.17 bits per heavy atom. The minimum absolute atomic E-state index is 0.531. The van der Waals surface area contributed by atoms with Crippen molar-refractivity contribution in [3.8, 4) is 0 Å². The van der Waals surface area contributed by atoms with Gasteiger partial charge in [0, 0.05) is 11.4 Å². The van der Waals surface area contributed by atoms with E-state index in [1.54, 1.807) is 6.07 Å². The minimum atomic E-state index is 0.531. The molecule has 0 aliphatic heterocycles. The fraction of sp³-hybridized carbons (Fsp3) is 0.100. The molecule has 0 aromatic heterocycles. The molecule has 12 heavy (non-hydrogen) atoms. The van der Waals surface area contributed by atoms with Crippen molar-refractivity contribution in [3.05, 3.63) is 47.0 Å². The van der Waals surface area contributed by atoms with Crippen molar-refractivity contribution in [2.75, 3.05) is 0 Å². The van der Waals surface area contributed by atoms with Gasteiger partial charge in [0.2, 0.25) is 0 Å². The van der Waals surface area contributed by atoms with Gasteiger partial charge in [-0.15, -0.1) is 0 Å². The third-order valence-electron chi connectivity index (χ3n) is 1.54. The zero-order valence-electron chi connectivity index (χ0n) is 6.59. The summed E-state index contributed by atoms with van der Waals surface area (Å²) >= 11 is 5.87. The summed E-state index contributed by atoms with van der Waals surface area (Å²) in [5, 5.41) is 0.681. The molecule has 1 rings (SSSR count). The molecule has 1 nitrogen and oxygen atoms in total. The maximum absolute atomic E-state index is 10.3. The zero-order chi connectivity index (χ0) is 8.97. The van der Waals surface area contributed by atoms with Gasteiger partial charge in [-0.3, -0.25) is 4.79 Å². The number of carbonyl (C=O) groups is 1. The van der Waals surface area contributed by atoms with Gasteiger partial charge in [-0.05, 0) is 17.2 Å². The predicted octanol–water partition coefficient (Wildman–Crippen LogP) is 2.64. The zero-order valence-corrected chi connectivity index (χ0v) is 7.34. The Labute approximate surface area is 76.7 Å². The highest BCUT2D eigenvalue weighted by Gasteiger charge is 1.99. The summed E-state index contributed by atoms with van der Waals surface area (Å²) in [7, 11) is 0. The average molecular weight is 181 g/mol. The third-order valence-corrected chi connectivity index (χ3v) is 1.91. The van der Waals surface area contributed by atoms with Crippen LogP contribution in [0.25, 0.3) is 0 Å². The molecule has 0 radical (unpaired) electrons. The molecule has 1 aromatic rings. The van der Waals surface area contributed by atoms with Crippen LogP contribution in [-0.4, -0.2) is 6.29 Å². The van der Waals surface area contributed by atoms with Crippen LogP contribution in [-0.2, 0) is 11.2 Å². The first-order valence-electron chi connectivity index (χ1n) is 3.60. The van der Waals surface area contributed by atoms with Gasteiger partial charge in [0.1, 0.15) is 6.29 Å². The number of carbonyl (C=O) groups excluding carboxylic acids is 1. The summed E-state index contributed by atoms with van der Waals surface area (Å²) in [4.78, 5) is 10.3. The van der Waals surface area contributed by atoms with E-state index >= 15 is 0 Å². The topological polar surface area (TPSA) is 17.1 Å². The Balaban J connectivity index is 2.82. The van der Waals surface area contributed by atoms with E-state index < -0.39 is 0 Å². The maximum Gasteiger partial charge on any atom is 0.145 e. The second-order valence-electron chi connectivity index (χ2n) is 2.54. The SMILES string of the molecule is C=C(C=O)Cc1ccccc1Cl. The molecule has 1 aromatic carbocycles. The van der Waals surface area contributed by atoms with Crippen LogP contribution in [0.2, 0.25) is 5.02 Å². The monoisotopic (exact) mass is 180 g/mol. The van der Waals surface area contributed by atoms with Crippen molar-refractivity contribution in [1.29, 1.82) is 0 Å². The summed E-state index contributed by atoms with van der Waals surface area (Å²) in [6.45, 7) is 3.58. The highest BCUT2D eigenvalue weighted by atomic mass is 35.5. The third kappa shape index (κ3) is 2.21. The second kappa shape index (κ2) is 4.07. The molecule has 0 atom stereocenters. The fourth-order valence-corrected chi connectivity index (χ4v) is 1.13. The number of halogens is 1. The summed E-state index contributed by atoms with van der Waals surface area (Å²) in [5.41, 5.74) is 1.49. The first kappa shape index (κ1) is 9.01. The molecule has 0 aliphatic carbocycles. The molecule has 0 bridgehead atoms. The van der Waals surface area contributed by atoms with E-state index in [-0.39, 0.29) is 0 Å². The van der Waals surface area contributed by atoms with E-state index in [4.69, 9.17) is 11.6 Å². The van der Waals surface area contributed by atoms with Crippen LogP contribution in [0.4, 0.5) is 0 Å². The van der Waals surface area contributed by atoms with E-state index in [1.165, 1.54) is 0 Å². The number of hydrogen-bond donors (Lipinski definition) is 0. The van der Waals surface area contributed by atoms with Crippen molar-refractivity contribution in [1.82, 2.24) is 0 Å². The molecule has 0 unspecified atom stereocenters. The summed E-state index contributed by atoms with van der Waals surface area (Å²) in [6, 6.07) is 7.43. The van der Waals surface area contributed by atoms with Crippen molar-refractivity contribution < 1.29 is 4.79 Å². The molecule has 2 heteroatoms. The lowest BCUT2D eigenvalue weighted by atomic mass is 10.1. The molecular weight excluding hydrogens is 172 g/mol. The van der Waals surface area contributed by atoms with E-state index in [0.29, 0.717) is 17.0 Å². The molecule has 0 saturated carbocycles. The summed E-state index contributed by atoms with van der Waals surface area (Å²) < 4.78 is 0. The smallest absolute Gasteiger partial charge is 0.145 e. The van der Waals surface area contributed by atoms with E-state index in [1.807, 2.05) is 18.2 Å². The summed E-state index contributed by atoms with van der Waals surface area (Å²) in [5.74, 6) is 0. The Bertz CT molecular complexity index is 304. The number of allylic oxidation sites excluding steroid dienone is 1. The molecule has 0 N–H and O–H groups in total. The lowest BCUT2D eigenvalue weighted by molar-refractivity contribution is -0.104. The molecule has 0 spiro atoms. The Morgan fingerprint density at radius 3 is 2.75 bits per heavy atom.